The summed E-state index contributed by atoms with van der Waals surface area (Å²) in [4.78, 5) is 0. The van der Waals surface area contributed by atoms with Gasteiger partial charge in [0.2, 0.25) is 0 Å². The highest BCUT2D eigenvalue weighted by atomic mass is 16.5. The summed E-state index contributed by atoms with van der Waals surface area (Å²) in [6.07, 6.45) is 3.45. The largest absolute Gasteiger partial charge is 0.382 e. The summed E-state index contributed by atoms with van der Waals surface area (Å²) in [7, 11) is 0. The first-order valence-electron chi connectivity index (χ1n) is 5.34. The Labute approximate surface area is 82.6 Å². The molecule has 0 bridgehead atoms. The smallest absolute Gasteiger partial charge is 0.0626 e. The van der Waals surface area contributed by atoms with Gasteiger partial charge in [-0.15, -0.1) is 0 Å². The quantitative estimate of drug-likeness (QED) is 0.545. The van der Waals surface area contributed by atoms with E-state index < -0.39 is 0 Å². The maximum atomic E-state index is 5.60. The third-order valence-corrected chi connectivity index (χ3v) is 2.06. The van der Waals surface area contributed by atoms with Crippen LogP contribution in [0, 0.1) is 0 Å². The lowest BCUT2D eigenvalue weighted by Gasteiger charge is -2.24. The van der Waals surface area contributed by atoms with Gasteiger partial charge in [0.05, 0.1) is 5.60 Å². The van der Waals surface area contributed by atoms with E-state index in [-0.39, 0.29) is 5.60 Å². The van der Waals surface area contributed by atoms with Crippen molar-refractivity contribution in [2.45, 2.75) is 52.6 Å². The average Bonchev–Trinajstić information content (AvgIpc) is 2.04. The van der Waals surface area contributed by atoms with E-state index in [1.807, 2.05) is 13.8 Å². The third-order valence-electron chi connectivity index (χ3n) is 2.06. The molecule has 0 saturated carbocycles. The van der Waals surface area contributed by atoms with Crippen LogP contribution >= 0.6 is 0 Å². The minimum absolute atomic E-state index is 0.0426. The van der Waals surface area contributed by atoms with E-state index in [1.54, 1.807) is 0 Å². The summed E-state index contributed by atoms with van der Waals surface area (Å²) < 4.78 is 10.9. The van der Waals surface area contributed by atoms with Crippen molar-refractivity contribution in [3.05, 3.63) is 0 Å². The van der Waals surface area contributed by atoms with Crippen LogP contribution < -0.4 is 0 Å². The molecule has 0 heterocycles. The zero-order chi connectivity index (χ0) is 10.2. The molecule has 0 aromatic heterocycles. The molecule has 0 aromatic rings. The maximum absolute atomic E-state index is 5.60. The molecule has 80 valence electrons. The Kier molecular flexibility index (Phi) is 7.29. The second-order valence-corrected chi connectivity index (χ2v) is 3.85. The van der Waals surface area contributed by atoms with E-state index in [9.17, 15) is 0 Å². The van der Waals surface area contributed by atoms with Gasteiger partial charge in [-0.05, 0) is 47.0 Å². The molecule has 0 aliphatic carbocycles. The first-order valence-corrected chi connectivity index (χ1v) is 5.34. The van der Waals surface area contributed by atoms with Gasteiger partial charge in [0.15, 0.2) is 0 Å². The summed E-state index contributed by atoms with van der Waals surface area (Å²) >= 11 is 0. The molecule has 0 amide bonds. The molecule has 2 nitrogen and oxygen atoms in total. The Morgan fingerprint density at radius 2 is 1.69 bits per heavy atom. The van der Waals surface area contributed by atoms with E-state index in [2.05, 4.69) is 13.8 Å². The zero-order valence-electron chi connectivity index (χ0n) is 9.56. The Morgan fingerprint density at radius 1 is 1.00 bits per heavy atom. The summed E-state index contributed by atoms with van der Waals surface area (Å²) in [6, 6.07) is 0. The van der Waals surface area contributed by atoms with Crippen LogP contribution in [0.1, 0.15) is 47.0 Å². The molecule has 0 aromatic carbocycles. The Balaban J connectivity index is 3.29. The lowest BCUT2D eigenvalue weighted by atomic mass is 10.0. The van der Waals surface area contributed by atoms with Crippen LogP contribution in [0.5, 0.6) is 0 Å². The number of hydrogen-bond donors (Lipinski definition) is 0. The van der Waals surface area contributed by atoms with Gasteiger partial charge in [-0.25, -0.2) is 0 Å². The van der Waals surface area contributed by atoms with Gasteiger partial charge in [0.25, 0.3) is 0 Å². The molecule has 0 unspecified atom stereocenters. The van der Waals surface area contributed by atoms with Gasteiger partial charge in [0, 0.05) is 19.8 Å². The maximum Gasteiger partial charge on any atom is 0.0626 e. The summed E-state index contributed by atoms with van der Waals surface area (Å²) in [5.41, 5.74) is 0.0426. The predicted octanol–water partition coefficient (Wildman–Crippen LogP) is 3.01. The number of unbranched alkanes of at least 4 members (excludes halogenated alkanes) is 1. The van der Waals surface area contributed by atoms with Crippen LogP contribution in [0.3, 0.4) is 0 Å². The zero-order valence-corrected chi connectivity index (χ0v) is 9.56. The molecule has 0 atom stereocenters. The van der Waals surface area contributed by atoms with Gasteiger partial charge in [-0.2, -0.15) is 0 Å². The average molecular weight is 188 g/mol. The number of rotatable bonds is 8. The monoisotopic (exact) mass is 188 g/mol. The Morgan fingerprint density at radius 3 is 2.23 bits per heavy atom. The lowest BCUT2D eigenvalue weighted by Crippen LogP contribution is -2.24. The highest BCUT2D eigenvalue weighted by Gasteiger charge is 2.16. The Hall–Kier alpha value is -0.0800. The summed E-state index contributed by atoms with van der Waals surface area (Å²) in [5.74, 6) is 0. The fraction of sp³-hybridized carbons (Fsp3) is 1.00. The minimum Gasteiger partial charge on any atom is -0.382 e. The fourth-order valence-corrected chi connectivity index (χ4v) is 1.36. The predicted molar refractivity (Wildman–Crippen MR) is 56.0 cm³/mol. The van der Waals surface area contributed by atoms with Gasteiger partial charge in [-0.3, -0.25) is 0 Å². The molecule has 0 N–H and O–H groups in total. The van der Waals surface area contributed by atoms with Crippen molar-refractivity contribution in [1.29, 1.82) is 0 Å². The van der Waals surface area contributed by atoms with Crippen molar-refractivity contribution in [2.24, 2.45) is 0 Å². The molecule has 0 rings (SSSR count). The fourth-order valence-electron chi connectivity index (χ4n) is 1.36. The van der Waals surface area contributed by atoms with Crippen LogP contribution in [0.4, 0.5) is 0 Å². The Bertz CT molecular complexity index is 111. The van der Waals surface area contributed by atoms with Crippen LogP contribution in [0.2, 0.25) is 0 Å². The van der Waals surface area contributed by atoms with Gasteiger partial charge < -0.3 is 9.47 Å². The van der Waals surface area contributed by atoms with Crippen molar-refractivity contribution < 1.29 is 9.47 Å². The number of ether oxygens (including phenoxy) is 2. The van der Waals surface area contributed by atoms with Crippen LogP contribution in [0.25, 0.3) is 0 Å². The molecule has 0 fully saturated rings. The number of hydrogen-bond acceptors (Lipinski definition) is 2. The molecule has 13 heavy (non-hydrogen) atoms. The van der Waals surface area contributed by atoms with Crippen molar-refractivity contribution in [2.75, 3.05) is 19.8 Å². The van der Waals surface area contributed by atoms with Gasteiger partial charge in [-0.1, -0.05) is 0 Å². The summed E-state index contributed by atoms with van der Waals surface area (Å²) in [5, 5.41) is 0. The standard InChI is InChI=1S/C11H24O2/c1-5-12-10-8-7-9-11(3,4)13-6-2/h5-10H2,1-4H3. The second kappa shape index (κ2) is 7.34. The van der Waals surface area contributed by atoms with Crippen molar-refractivity contribution in [3.63, 3.8) is 0 Å². The van der Waals surface area contributed by atoms with E-state index >= 15 is 0 Å². The first kappa shape index (κ1) is 12.9. The van der Waals surface area contributed by atoms with Crippen LogP contribution in [-0.4, -0.2) is 25.4 Å². The normalized spacial score (nSPS) is 12.0. The molecular weight excluding hydrogens is 164 g/mol. The second-order valence-electron chi connectivity index (χ2n) is 3.85. The molecular formula is C11H24O2. The highest BCUT2D eigenvalue weighted by Crippen LogP contribution is 2.17. The SMILES string of the molecule is CCOCCCCC(C)(C)OCC. The van der Waals surface area contributed by atoms with E-state index in [1.165, 1.54) is 6.42 Å². The van der Waals surface area contributed by atoms with Crippen molar-refractivity contribution in [1.82, 2.24) is 0 Å². The van der Waals surface area contributed by atoms with E-state index in [0.29, 0.717) is 0 Å². The van der Waals surface area contributed by atoms with E-state index in [4.69, 9.17) is 9.47 Å². The molecule has 0 aliphatic rings. The van der Waals surface area contributed by atoms with Crippen molar-refractivity contribution in [3.8, 4) is 0 Å². The first-order chi connectivity index (χ1) is 6.12. The van der Waals surface area contributed by atoms with Crippen LogP contribution in [-0.2, 0) is 9.47 Å². The highest BCUT2D eigenvalue weighted by molar-refractivity contribution is 4.67. The molecule has 0 radical (unpaired) electrons. The summed E-state index contributed by atoms with van der Waals surface area (Å²) in [6.45, 7) is 10.9. The third kappa shape index (κ3) is 8.26. The molecule has 0 aliphatic heterocycles. The van der Waals surface area contributed by atoms with E-state index in [0.717, 1.165) is 32.7 Å². The van der Waals surface area contributed by atoms with Gasteiger partial charge in [0.1, 0.15) is 0 Å². The van der Waals surface area contributed by atoms with Crippen LogP contribution in [0.15, 0.2) is 0 Å². The lowest BCUT2D eigenvalue weighted by molar-refractivity contribution is -0.0188. The molecule has 0 spiro atoms. The minimum atomic E-state index is 0.0426. The molecule has 2 heteroatoms. The topological polar surface area (TPSA) is 18.5 Å². The molecule has 0 saturated heterocycles. The van der Waals surface area contributed by atoms with Crippen molar-refractivity contribution >= 4 is 0 Å². The van der Waals surface area contributed by atoms with Gasteiger partial charge >= 0.3 is 0 Å².